The van der Waals surface area contributed by atoms with Crippen molar-refractivity contribution in [3.63, 3.8) is 0 Å². The normalized spacial score (nSPS) is 15.4. The van der Waals surface area contributed by atoms with Gasteiger partial charge in [-0.25, -0.2) is 15.3 Å². The van der Waals surface area contributed by atoms with Gasteiger partial charge in [-0.1, -0.05) is 0 Å². The summed E-state index contributed by atoms with van der Waals surface area (Å²) in [6.07, 6.45) is 4.00. The first kappa shape index (κ1) is 18.7. The molecule has 0 radical (unpaired) electrons. The highest BCUT2D eigenvalue weighted by Crippen LogP contribution is 2.23. The molecule has 1 saturated heterocycles. The minimum Gasteiger partial charge on any atom is -0.332 e. The van der Waals surface area contributed by atoms with Crippen LogP contribution in [0.5, 0.6) is 0 Å². The molecule has 1 aliphatic rings. The van der Waals surface area contributed by atoms with E-state index in [-0.39, 0.29) is 11.9 Å². The van der Waals surface area contributed by atoms with Crippen molar-refractivity contribution in [1.82, 2.24) is 20.7 Å². The Labute approximate surface area is 146 Å². The fraction of sp³-hybridized carbons (Fsp3) is 0.688. The summed E-state index contributed by atoms with van der Waals surface area (Å²) in [5, 5.41) is 12.4. The summed E-state index contributed by atoms with van der Waals surface area (Å²) in [7, 11) is 0. The molecule has 0 spiro atoms. The van der Waals surface area contributed by atoms with Crippen molar-refractivity contribution in [2.24, 2.45) is 5.92 Å². The number of hydrogen-bond acceptors (Lipinski definition) is 5. The topological polar surface area (TPSA) is 94.6 Å². The molecule has 3 N–H and O–H groups in total. The SMILES string of the molecule is Cc1nc(CNC(=O)N2CCC(CCCC(=O)NO)CC2)c(C)s1. The number of likely N-dealkylation sites (tertiary alicyclic amines) is 1. The van der Waals surface area contributed by atoms with Crippen LogP contribution < -0.4 is 10.8 Å². The number of aromatic nitrogens is 1. The molecule has 0 aliphatic carbocycles. The lowest BCUT2D eigenvalue weighted by Gasteiger charge is -2.32. The Bertz CT molecular complexity index is 568. The third kappa shape index (κ3) is 5.45. The maximum absolute atomic E-state index is 12.2. The Morgan fingerprint density at radius 3 is 2.62 bits per heavy atom. The molecule has 1 aromatic rings. The second-order valence-corrected chi connectivity index (χ2v) is 7.66. The van der Waals surface area contributed by atoms with E-state index in [1.165, 1.54) is 0 Å². The number of rotatable bonds is 6. The molecule has 0 bridgehead atoms. The third-order valence-electron chi connectivity index (χ3n) is 4.45. The number of nitrogens with one attached hydrogen (secondary N) is 2. The molecule has 2 heterocycles. The van der Waals surface area contributed by atoms with Crippen molar-refractivity contribution >= 4 is 23.3 Å². The summed E-state index contributed by atoms with van der Waals surface area (Å²) in [6, 6.07) is -0.0295. The highest BCUT2D eigenvalue weighted by atomic mass is 32.1. The first-order valence-corrected chi connectivity index (χ1v) is 9.20. The van der Waals surface area contributed by atoms with Crippen molar-refractivity contribution in [3.05, 3.63) is 15.6 Å². The van der Waals surface area contributed by atoms with Gasteiger partial charge < -0.3 is 10.2 Å². The average Bonchev–Trinajstić information content (AvgIpc) is 2.90. The van der Waals surface area contributed by atoms with E-state index in [0.29, 0.717) is 18.9 Å². The van der Waals surface area contributed by atoms with Crippen LogP contribution in [0.15, 0.2) is 0 Å². The zero-order valence-corrected chi connectivity index (χ0v) is 15.1. The Balaban J connectivity index is 1.67. The first-order valence-electron chi connectivity index (χ1n) is 8.38. The Kier molecular flexibility index (Phi) is 6.99. The van der Waals surface area contributed by atoms with Gasteiger partial charge in [0.25, 0.3) is 0 Å². The van der Waals surface area contributed by atoms with E-state index >= 15 is 0 Å². The molecule has 0 atom stereocenters. The smallest absolute Gasteiger partial charge is 0.317 e. The molecule has 0 saturated carbocycles. The molecule has 0 unspecified atom stereocenters. The van der Waals surface area contributed by atoms with Gasteiger partial charge >= 0.3 is 6.03 Å². The summed E-state index contributed by atoms with van der Waals surface area (Å²) in [6.45, 7) is 5.97. The molecule has 24 heavy (non-hydrogen) atoms. The molecular weight excluding hydrogens is 328 g/mol. The van der Waals surface area contributed by atoms with E-state index in [1.54, 1.807) is 16.8 Å². The monoisotopic (exact) mass is 354 g/mol. The Morgan fingerprint density at radius 2 is 2.04 bits per heavy atom. The van der Waals surface area contributed by atoms with Crippen molar-refractivity contribution in [2.45, 2.75) is 52.5 Å². The standard InChI is InChI=1S/C16H26N4O3S/c1-11-14(18-12(2)24-11)10-17-16(22)20-8-6-13(7-9-20)4-3-5-15(21)19-23/h13,23H,3-10H2,1-2H3,(H,17,22)(H,19,21). The largest absolute Gasteiger partial charge is 0.332 e. The van der Waals surface area contributed by atoms with Gasteiger partial charge in [-0.15, -0.1) is 11.3 Å². The second-order valence-electron chi connectivity index (χ2n) is 6.25. The molecule has 134 valence electrons. The number of piperidine rings is 1. The molecule has 7 nitrogen and oxygen atoms in total. The summed E-state index contributed by atoms with van der Waals surface area (Å²) in [4.78, 5) is 30.7. The minimum absolute atomic E-state index is 0.0295. The average molecular weight is 354 g/mol. The number of nitrogens with zero attached hydrogens (tertiary/aromatic N) is 2. The molecule has 1 aliphatic heterocycles. The van der Waals surface area contributed by atoms with Crippen LogP contribution in [0.3, 0.4) is 0 Å². The molecular formula is C16H26N4O3S. The number of hydroxylamine groups is 1. The number of aryl methyl sites for hydroxylation is 2. The quantitative estimate of drug-likeness (QED) is 0.540. The zero-order valence-electron chi connectivity index (χ0n) is 14.3. The lowest BCUT2D eigenvalue weighted by molar-refractivity contribution is -0.129. The van der Waals surface area contributed by atoms with Crippen molar-refractivity contribution in [1.29, 1.82) is 0 Å². The molecule has 8 heteroatoms. The molecule has 1 fully saturated rings. The van der Waals surface area contributed by atoms with Crippen LogP contribution >= 0.6 is 11.3 Å². The van der Waals surface area contributed by atoms with E-state index in [4.69, 9.17) is 5.21 Å². The van der Waals surface area contributed by atoms with Crippen LogP contribution in [0.4, 0.5) is 4.79 Å². The van der Waals surface area contributed by atoms with E-state index in [2.05, 4.69) is 10.3 Å². The van der Waals surface area contributed by atoms with Crippen molar-refractivity contribution in [3.8, 4) is 0 Å². The highest BCUT2D eigenvalue weighted by Gasteiger charge is 2.22. The van der Waals surface area contributed by atoms with Gasteiger partial charge in [0, 0.05) is 24.4 Å². The van der Waals surface area contributed by atoms with E-state index < -0.39 is 0 Å². The van der Waals surface area contributed by atoms with E-state index in [1.807, 2.05) is 18.7 Å². The van der Waals surface area contributed by atoms with Crippen LogP contribution in [0, 0.1) is 19.8 Å². The predicted octanol–water partition coefficient (Wildman–Crippen LogP) is 2.36. The molecule has 1 aromatic heterocycles. The lowest BCUT2D eigenvalue weighted by atomic mass is 9.91. The van der Waals surface area contributed by atoms with Crippen LogP contribution in [0.2, 0.25) is 0 Å². The fourth-order valence-corrected chi connectivity index (χ4v) is 3.87. The summed E-state index contributed by atoms with van der Waals surface area (Å²) >= 11 is 1.65. The maximum Gasteiger partial charge on any atom is 0.317 e. The number of carbonyl (C=O) groups is 2. The van der Waals surface area contributed by atoms with Gasteiger partial charge in [-0.2, -0.15) is 0 Å². The minimum atomic E-state index is -0.334. The van der Waals surface area contributed by atoms with Crippen molar-refractivity contribution < 1.29 is 14.8 Å². The first-order chi connectivity index (χ1) is 11.5. The highest BCUT2D eigenvalue weighted by molar-refractivity contribution is 7.11. The maximum atomic E-state index is 12.2. The van der Waals surface area contributed by atoms with Crippen LogP contribution in [0.25, 0.3) is 0 Å². The van der Waals surface area contributed by atoms with Gasteiger partial charge in [-0.05, 0) is 45.4 Å². The third-order valence-corrected chi connectivity index (χ3v) is 5.38. The van der Waals surface area contributed by atoms with E-state index in [0.717, 1.165) is 54.4 Å². The zero-order chi connectivity index (χ0) is 17.5. The summed E-state index contributed by atoms with van der Waals surface area (Å²) in [5.74, 6) is 0.211. The van der Waals surface area contributed by atoms with Gasteiger partial charge in [-0.3, -0.25) is 10.0 Å². The fourth-order valence-electron chi connectivity index (χ4n) is 3.04. The summed E-state index contributed by atoms with van der Waals surface area (Å²) < 4.78 is 0. The number of thiazole rings is 1. The summed E-state index contributed by atoms with van der Waals surface area (Å²) in [5.41, 5.74) is 2.60. The van der Waals surface area contributed by atoms with E-state index in [9.17, 15) is 9.59 Å². The predicted molar refractivity (Wildman–Crippen MR) is 91.9 cm³/mol. The van der Waals surface area contributed by atoms with Gasteiger partial charge in [0.05, 0.1) is 17.2 Å². The van der Waals surface area contributed by atoms with Crippen LogP contribution in [-0.2, 0) is 11.3 Å². The van der Waals surface area contributed by atoms with Gasteiger partial charge in [0.2, 0.25) is 5.91 Å². The number of carbonyl (C=O) groups excluding carboxylic acids is 2. The lowest BCUT2D eigenvalue weighted by Crippen LogP contribution is -2.44. The number of amides is 3. The Hall–Kier alpha value is -1.67. The van der Waals surface area contributed by atoms with Crippen LogP contribution in [-0.4, -0.2) is 40.1 Å². The van der Waals surface area contributed by atoms with Gasteiger partial charge in [0.1, 0.15) is 0 Å². The van der Waals surface area contributed by atoms with Gasteiger partial charge in [0.15, 0.2) is 0 Å². The second kappa shape index (κ2) is 8.98. The van der Waals surface area contributed by atoms with Crippen LogP contribution in [0.1, 0.15) is 47.7 Å². The Morgan fingerprint density at radius 1 is 1.33 bits per heavy atom. The van der Waals surface area contributed by atoms with Crippen molar-refractivity contribution in [2.75, 3.05) is 13.1 Å². The number of hydrogen-bond donors (Lipinski definition) is 3. The molecule has 3 amide bonds. The number of urea groups is 1. The molecule has 0 aromatic carbocycles. The molecule has 2 rings (SSSR count).